The fraction of sp³-hybridized carbons (Fsp3) is 0.333. The van der Waals surface area contributed by atoms with Gasteiger partial charge in [0.05, 0.1) is 15.3 Å². The Kier molecular flexibility index (Phi) is 5.69. The van der Waals surface area contributed by atoms with Crippen LogP contribution in [-0.4, -0.2) is 52.7 Å². The van der Waals surface area contributed by atoms with Gasteiger partial charge in [-0.1, -0.05) is 17.7 Å². The number of fused-ring (bicyclic) bond motifs is 2. The highest BCUT2D eigenvalue weighted by Crippen LogP contribution is 2.33. The lowest BCUT2D eigenvalue weighted by Crippen LogP contribution is -2.50. The van der Waals surface area contributed by atoms with Gasteiger partial charge in [-0.25, -0.2) is 14.6 Å². The minimum atomic E-state index is -0.526. The molecule has 8 nitrogen and oxygen atoms in total. The summed E-state index contributed by atoms with van der Waals surface area (Å²) in [5, 5.41) is 1.81. The van der Waals surface area contributed by atoms with Crippen LogP contribution < -0.4 is 10.5 Å². The highest BCUT2D eigenvalue weighted by molar-refractivity contribution is 7.21. The van der Waals surface area contributed by atoms with E-state index in [9.17, 15) is 9.59 Å². The third-order valence-corrected chi connectivity index (χ3v) is 6.80. The first kappa shape index (κ1) is 22.6. The van der Waals surface area contributed by atoms with Crippen LogP contribution in [0.1, 0.15) is 20.8 Å². The van der Waals surface area contributed by atoms with E-state index in [2.05, 4.69) is 14.9 Å². The number of pyridine rings is 1. The van der Waals surface area contributed by atoms with Crippen molar-refractivity contribution in [2.75, 3.05) is 31.1 Å². The SMILES string of the molecule is CC(C)(C)OC(=O)N1CCN(c2ccc3cc(-c4nc5c(Cl)cccc5s4)c(=O)oc3n2)CC1. The Labute approximate surface area is 204 Å². The number of aromatic nitrogens is 2. The van der Waals surface area contributed by atoms with Gasteiger partial charge in [-0.2, -0.15) is 4.98 Å². The van der Waals surface area contributed by atoms with Crippen LogP contribution in [-0.2, 0) is 4.74 Å². The lowest BCUT2D eigenvalue weighted by atomic mass is 10.2. The normalized spacial score (nSPS) is 14.7. The Morgan fingerprint density at radius 3 is 2.59 bits per heavy atom. The molecule has 34 heavy (non-hydrogen) atoms. The van der Waals surface area contributed by atoms with Gasteiger partial charge in [-0.05, 0) is 51.1 Å². The van der Waals surface area contributed by atoms with Gasteiger partial charge >= 0.3 is 11.7 Å². The van der Waals surface area contributed by atoms with Crippen LogP contribution in [0.4, 0.5) is 10.6 Å². The molecule has 4 aromatic rings. The van der Waals surface area contributed by atoms with Crippen molar-refractivity contribution in [1.29, 1.82) is 0 Å². The number of hydrogen-bond donors (Lipinski definition) is 0. The van der Waals surface area contributed by atoms with Crippen molar-refractivity contribution in [3.05, 3.63) is 51.8 Å². The molecule has 0 saturated carbocycles. The fourth-order valence-corrected chi connectivity index (χ4v) is 5.06. The Balaban J connectivity index is 1.37. The van der Waals surface area contributed by atoms with Crippen molar-refractivity contribution in [2.45, 2.75) is 26.4 Å². The highest BCUT2D eigenvalue weighted by Gasteiger charge is 2.26. The number of nitrogens with zero attached hydrogens (tertiary/aromatic N) is 4. The summed E-state index contributed by atoms with van der Waals surface area (Å²) in [6.07, 6.45) is -0.312. The van der Waals surface area contributed by atoms with E-state index in [4.69, 9.17) is 20.8 Å². The lowest BCUT2D eigenvalue weighted by Gasteiger charge is -2.36. The van der Waals surface area contributed by atoms with Gasteiger partial charge in [0.25, 0.3) is 0 Å². The summed E-state index contributed by atoms with van der Waals surface area (Å²) in [5.41, 5.74) is 0.289. The van der Waals surface area contributed by atoms with Crippen LogP contribution in [0.15, 0.2) is 45.6 Å². The van der Waals surface area contributed by atoms with Crippen LogP contribution in [0.25, 0.3) is 31.9 Å². The summed E-state index contributed by atoms with van der Waals surface area (Å²) in [6.45, 7) is 7.82. The number of carbonyl (C=O) groups excluding carboxylic acids is 1. The molecular formula is C24H23ClN4O4S. The van der Waals surface area contributed by atoms with E-state index in [1.807, 2.05) is 45.0 Å². The Hall–Kier alpha value is -3.17. The second-order valence-electron chi connectivity index (χ2n) is 9.07. The number of ether oxygens (including phenoxy) is 1. The topological polar surface area (TPSA) is 88.8 Å². The zero-order chi connectivity index (χ0) is 24.0. The molecule has 1 fully saturated rings. The first-order valence-corrected chi connectivity index (χ1v) is 12.1. The summed E-state index contributed by atoms with van der Waals surface area (Å²) in [4.78, 5) is 37.9. The smallest absolute Gasteiger partial charge is 0.410 e. The van der Waals surface area contributed by atoms with Crippen molar-refractivity contribution in [1.82, 2.24) is 14.9 Å². The Bertz CT molecular complexity index is 1450. The average Bonchev–Trinajstić information content (AvgIpc) is 3.23. The van der Waals surface area contributed by atoms with Crippen LogP contribution in [0.3, 0.4) is 0 Å². The van der Waals surface area contributed by atoms with Crippen molar-refractivity contribution >= 4 is 56.2 Å². The summed E-state index contributed by atoms with van der Waals surface area (Å²) in [7, 11) is 0. The molecule has 3 aromatic heterocycles. The molecule has 1 amide bonds. The fourth-order valence-electron chi connectivity index (χ4n) is 3.79. The molecule has 0 bridgehead atoms. The van der Waals surface area contributed by atoms with E-state index >= 15 is 0 Å². The maximum atomic E-state index is 12.8. The van der Waals surface area contributed by atoms with E-state index in [0.717, 1.165) is 4.70 Å². The van der Waals surface area contributed by atoms with Gasteiger partial charge in [0.2, 0.25) is 5.71 Å². The number of amides is 1. The van der Waals surface area contributed by atoms with Crippen molar-refractivity contribution in [3.63, 3.8) is 0 Å². The first-order chi connectivity index (χ1) is 16.2. The van der Waals surface area contributed by atoms with Gasteiger partial charge in [0.1, 0.15) is 21.9 Å². The van der Waals surface area contributed by atoms with Gasteiger partial charge in [0.15, 0.2) is 0 Å². The summed E-state index contributed by atoms with van der Waals surface area (Å²) in [6, 6.07) is 11.1. The van der Waals surface area contributed by atoms with Crippen LogP contribution in [0, 0.1) is 0 Å². The zero-order valence-electron chi connectivity index (χ0n) is 19.0. The van der Waals surface area contributed by atoms with E-state index < -0.39 is 11.2 Å². The molecule has 0 atom stereocenters. The molecule has 4 heterocycles. The molecule has 1 aromatic carbocycles. The second-order valence-corrected chi connectivity index (χ2v) is 10.5. The van der Waals surface area contributed by atoms with Crippen LogP contribution in [0.2, 0.25) is 5.02 Å². The molecule has 0 N–H and O–H groups in total. The number of para-hydroxylation sites is 1. The van der Waals surface area contributed by atoms with Gasteiger partial charge in [0, 0.05) is 31.6 Å². The number of thiazole rings is 1. The van der Waals surface area contributed by atoms with E-state index in [-0.39, 0.29) is 11.8 Å². The number of halogens is 1. The molecule has 0 aliphatic carbocycles. The molecule has 1 aliphatic rings. The molecule has 1 saturated heterocycles. The maximum Gasteiger partial charge on any atom is 0.410 e. The van der Waals surface area contributed by atoms with Crippen molar-refractivity contribution in [2.24, 2.45) is 0 Å². The Morgan fingerprint density at radius 1 is 1.12 bits per heavy atom. The zero-order valence-corrected chi connectivity index (χ0v) is 20.6. The number of piperazine rings is 1. The third kappa shape index (κ3) is 4.45. The number of hydrogen-bond acceptors (Lipinski definition) is 8. The van der Waals surface area contributed by atoms with Crippen LogP contribution in [0.5, 0.6) is 0 Å². The molecule has 10 heteroatoms. The largest absolute Gasteiger partial charge is 0.444 e. The monoisotopic (exact) mass is 498 g/mol. The molecule has 0 spiro atoms. The van der Waals surface area contributed by atoms with Crippen molar-refractivity contribution < 1.29 is 13.9 Å². The van der Waals surface area contributed by atoms with Gasteiger partial charge in [-0.15, -0.1) is 11.3 Å². The van der Waals surface area contributed by atoms with Crippen molar-refractivity contribution in [3.8, 4) is 10.6 Å². The second kappa shape index (κ2) is 8.56. The number of rotatable bonds is 2. The van der Waals surface area contributed by atoms with E-state index in [1.165, 1.54) is 11.3 Å². The molecule has 0 unspecified atom stereocenters. The third-order valence-electron chi connectivity index (χ3n) is 5.44. The lowest BCUT2D eigenvalue weighted by molar-refractivity contribution is 0.0240. The average molecular weight is 499 g/mol. The quantitative estimate of drug-likeness (QED) is 0.376. The summed E-state index contributed by atoms with van der Waals surface area (Å²) >= 11 is 7.63. The minimum absolute atomic E-state index is 0.264. The molecule has 5 rings (SSSR count). The van der Waals surface area contributed by atoms with E-state index in [1.54, 1.807) is 17.0 Å². The summed E-state index contributed by atoms with van der Waals surface area (Å²) in [5.74, 6) is 0.694. The van der Waals surface area contributed by atoms with Gasteiger partial charge in [-0.3, -0.25) is 0 Å². The van der Waals surface area contributed by atoms with Crippen LogP contribution >= 0.6 is 22.9 Å². The standard InChI is InChI=1S/C24H23ClN4O4S/c1-24(2,3)33-23(31)29-11-9-28(10-12-29)18-8-7-14-13-15(22(30)32-20(14)26-18)21-27-19-16(25)5-4-6-17(19)34-21/h4-8,13H,9-12H2,1-3H3. The molecule has 176 valence electrons. The highest BCUT2D eigenvalue weighted by atomic mass is 35.5. The molecule has 0 radical (unpaired) electrons. The number of benzene rings is 1. The first-order valence-electron chi connectivity index (χ1n) is 10.9. The summed E-state index contributed by atoms with van der Waals surface area (Å²) < 4.78 is 11.9. The minimum Gasteiger partial charge on any atom is -0.444 e. The van der Waals surface area contributed by atoms with E-state index in [0.29, 0.717) is 58.5 Å². The predicted molar refractivity (Wildman–Crippen MR) is 134 cm³/mol. The number of carbonyl (C=O) groups is 1. The Morgan fingerprint density at radius 2 is 1.88 bits per heavy atom. The van der Waals surface area contributed by atoms with Gasteiger partial charge < -0.3 is 19.0 Å². The predicted octanol–water partition coefficient (Wildman–Crippen LogP) is 5.18. The molecule has 1 aliphatic heterocycles. The molecular weight excluding hydrogens is 476 g/mol. The maximum absolute atomic E-state index is 12.8. The number of anilines is 1.